The zero-order chi connectivity index (χ0) is 12.7. The highest BCUT2D eigenvalue weighted by molar-refractivity contribution is 7.98. The Kier molecular flexibility index (Phi) is 7.56. The van der Waals surface area contributed by atoms with Crippen molar-refractivity contribution in [3.05, 3.63) is 0 Å². The molecule has 2 N–H and O–H groups in total. The van der Waals surface area contributed by atoms with Crippen molar-refractivity contribution in [2.45, 2.75) is 57.5 Å². The first-order valence-corrected chi connectivity index (χ1v) is 8.49. The lowest BCUT2D eigenvalue weighted by atomic mass is 9.85. The summed E-state index contributed by atoms with van der Waals surface area (Å²) in [6, 6.07) is 1.37. The second kappa shape index (κ2) is 8.39. The molecule has 0 spiro atoms. The van der Waals surface area contributed by atoms with E-state index in [1.807, 2.05) is 11.8 Å². The van der Waals surface area contributed by atoms with Crippen LogP contribution >= 0.6 is 11.8 Å². The van der Waals surface area contributed by atoms with Crippen LogP contribution in [0.1, 0.15) is 45.4 Å². The first kappa shape index (κ1) is 15.3. The molecule has 0 aromatic rings. The third-order valence-electron chi connectivity index (χ3n) is 4.22. The lowest BCUT2D eigenvalue weighted by Crippen LogP contribution is -2.46. The minimum Gasteiger partial charge on any atom is -0.329 e. The molecular weight excluding hydrogens is 228 g/mol. The summed E-state index contributed by atoms with van der Waals surface area (Å²) in [5.41, 5.74) is 5.95. The maximum absolute atomic E-state index is 5.95. The predicted molar refractivity (Wildman–Crippen MR) is 79.6 cm³/mol. The molecule has 2 nitrogen and oxygen atoms in total. The zero-order valence-corrected chi connectivity index (χ0v) is 12.6. The van der Waals surface area contributed by atoms with Crippen LogP contribution in [0.2, 0.25) is 0 Å². The van der Waals surface area contributed by atoms with E-state index in [2.05, 4.69) is 25.1 Å². The number of hydrogen-bond donors (Lipinski definition) is 1. The summed E-state index contributed by atoms with van der Waals surface area (Å²) in [6.07, 6.45) is 10.3. The lowest BCUT2D eigenvalue weighted by Gasteiger charge is -2.38. The van der Waals surface area contributed by atoms with Crippen molar-refractivity contribution in [3.8, 4) is 0 Å². The number of nitrogens with zero attached hydrogens (tertiary/aromatic N) is 1. The van der Waals surface area contributed by atoms with Crippen molar-refractivity contribution in [3.63, 3.8) is 0 Å². The van der Waals surface area contributed by atoms with Crippen molar-refractivity contribution < 1.29 is 0 Å². The third kappa shape index (κ3) is 5.19. The number of nitrogens with two attached hydrogens (primary N) is 1. The number of rotatable bonds is 7. The number of thioether (sulfide) groups is 1. The lowest BCUT2D eigenvalue weighted by molar-refractivity contribution is 0.116. The Morgan fingerprint density at radius 3 is 2.76 bits per heavy atom. The van der Waals surface area contributed by atoms with Gasteiger partial charge in [-0.1, -0.05) is 19.8 Å². The van der Waals surface area contributed by atoms with E-state index >= 15 is 0 Å². The van der Waals surface area contributed by atoms with Gasteiger partial charge < -0.3 is 5.73 Å². The van der Waals surface area contributed by atoms with E-state index in [0.29, 0.717) is 6.04 Å². The topological polar surface area (TPSA) is 29.3 Å². The first-order chi connectivity index (χ1) is 8.19. The molecule has 102 valence electrons. The Morgan fingerprint density at radius 1 is 1.41 bits per heavy atom. The highest BCUT2D eigenvalue weighted by atomic mass is 32.2. The van der Waals surface area contributed by atoms with Gasteiger partial charge in [-0.3, -0.25) is 4.90 Å². The van der Waals surface area contributed by atoms with Gasteiger partial charge in [0, 0.05) is 18.6 Å². The molecule has 0 saturated heterocycles. The second-order valence-electron chi connectivity index (χ2n) is 5.62. The maximum atomic E-state index is 5.95. The Bertz CT molecular complexity index is 199. The summed E-state index contributed by atoms with van der Waals surface area (Å²) in [7, 11) is 2.29. The van der Waals surface area contributed by atoms with Crippen molar-refractivity contribution >= 4 is 11.8 Å². The van der Waals surface area contributed by atoms with Gasteiger partial charge in [-0.25, -0.2) is 0 Å². The van der Waals surface area contributed by atoms with Gasteiger partial charge in [-0.2, -0.15) is 11.8 Å². The van der Waals surface area contributed by atoms with Gasteiger partial charge in [-0.15, -0.1) is 0 Å². The third-order valence-corrected chi connectivity index (χ3v) is 4.92. The first-order valence-electron chi connectivity index (χ1n) is 7.10. The molecule has 0 amide bonds. The minimum atomic E-state index is 0.595. The second-order valence-corrected chi connectivity index (χ2v) is 6.60. The van der Waals surface area contributed by atoms with Crippen LogP contribution in [-0.4, -0.2) is 42.6 Å². The molecule has 0 aliphatic heterocycles. The molecule has 1 rings (SSSR count). The number of hydrogen-bond acceptors (Lipinski definition) is 3. The Morgan fingerprint density at radius 2 is 2.18 bits per heavy atom. The predicted octanol–water partition coefficient (Wildman–Crippen LogP) is 2.97. The van der Waals surface area contributed by atoms with Crippen LogP contribution in [-0.2, 0) is 0 Å². The molecule has 1 aliphatic rings. The zero-order valence-electron chi connectivity index (χ0n) is 11.8. The molecule has 0 radical (unpaired) electrons. The molecule has 0 heterocycles. The molecule has 1 fully saturated rings. The smallest absolute Gasteiger partial charge is 0.0218 e. The van der Waals surface area contributed by atoms with Crippen LogP contribution in [0.3, 0.4) is 0 Å². The molecule has 0 aromatic carbocycles. The van der Waals surface area contributed by atoms with Gasteiger partial charge in [0.1, 0.15) is 0 Å². The van der Waals surface area contributed by atoms with Gasteiger partial charge in [-0.05, 0) is 50.7 Å². The monoisotopic (exact) mass is 258 g/mol. The van der Waals surface area contributed by atoms with E-state index in [-0.39, 0.29) is 0 Å². The van der Waals surface area contributed by atoms with Crippen LogP contribution in [0.4, 0.5) is 0 Å². The van der Waals surface area contributed by atoms with Crippen LogP contribution in [0, 0.1) is 5.92 Å². The molecule has 3 unspecified atom stereocenters. The van der Waals surface area contributed by atoms with Gasteiger partial charge in [0.2, 0.25) is 0 Å². The largest absolute Gasteiger partial charge is 0.329 e. The van der Waals surface area contributed by atoms with Crippen molar-refractivity contribution in [2.75, 3.05) is 25.6 Å². The SMILES string of the molecule is CSCCCC(CN)N(C)C1CCCC(C)C1. The fourth-order valence-corrected chi connectivity index (χ4v) is 3.48. The van der Waals surface area contributed by atoms with Crippen LogP contribution in [0.15, 0.2) is 0 Å². The fraction of sp³-hybridized carbons (Fsp3) is 1.00. The minimum absolute atomic E-state index is 0.595. The van der Waals surface area contributed by atoms with E-state index in [9.17, 15) is 0 Å². The van der Waals surface area contributed by atoms with E-state index < -0.39 is 0 Å². The molecule has 17 heavy (non-hydrogen) atoms. The average Bonchev–Trinajstić information content (AvgIpc) is 2.34. The van der Waals surface area contributed by atoms with Gasteiger partial charge >= 0.3 is 0 Å². The van der Waals surface area contributed by atoms with Gasteiger partial charge in [0.15, 0.2) is 0 Å². The van der Waals surface area contributed by atoms with E-state index in [0.717, 1.165) is 18.5 Å². The van der Waals surface area contributed by atoms with Crippen molar-refractivity contribution in [2.24, 2.45) is 11.7 Å². The molecule has 3 atom stereocenters. The molecular formula is C14H30N2S. The summed E-state index contributed by atoms with van der Waals surface area (Å²) < 4.78 is 0. The highest BCUT2D eigenvalue weighted by Gasteiger charge is 2.26. The summed E-state index contributed by atoms with van der Waals surface area (Å²) in [6.45, 7) is 3.21. The van der Waals surface area contributed by atoms with Crippen LogP contribution in [0.25, 0.3) is 0 Å². The van der Waals surface area contributed by atoms with Crippen LogP contribution in [0.5, 0.6) is 0 Å². The van der Waals surface area contributed by atoms with Gasteiger partial charge in [0.25, 0.3) is 0 Å². The molecule has 1 saturated carbocycles. The Hall–Kier alpha value is 0.270. The normalized spacial score (nSPS) is 27.4. The average molecular weight is 258 g/mol. The van der Waals surface area contributed by atoms with E-state index in [1.54, 1.807) is 0 Å². The quantitative estimate of drug-likeness (QED) is 0.712. The van der Waals surface area contributed by atoms with Gasteiger partial charge in [0.05, 0.1) is 0 Å². The molecule has 1 aliphatic carbocycles. The van der Waals surface area contributed by atoms with E-state index in [4.69, 9.17) is 5.73 Å². The molecule has 0 bridgehead atoms. The summed E-state index contributed by atoms with van der Waals surface area (Å²) in [4.78, 5) is 2.58. The Labute approximate surface area is 112 Å². The summed E-state index contributed by atoms with van der Waals surface area (Å²) in [5.74, 6) is 2.17. The standard InChI is InChI=1S/C14H30N2S/c1-12-6-4-7-13(10-12)16(2)14(11-15)8-5-9-17-3/h12-14H,4-11,15H2,1-3H3. The van der Waals surface area contributed by atoms with Crippen molar-refractivity contribution in [1.29, 1.82) is 0 Å². The van der Waals surface area contributed by atoms with Crippen molar-refractivity contribution in [1.82, 2.24) is 4.90 Å². The summed E-state index contributed by atoms with van der Waals surface area (Å²) >= 11 is 1.94. The van der Waals surface area contributed by atoms with Crippen LogP contribution < -0.4 is 5.73 Å². The maximum Gasteiger partial charge on any atom is 0.0218 e. The molecule has 0 aromatic heterocycles. The molecule has 3 heteroatoms. The summed E-state index contributed by atoms with van der Waals surface area (Å²) in [5, 5.41) is 0. The number of likely N-dealkylation sites (N-methyl/N-ethyl adjacent to an activating group) is 1. The van der Waals surface area contributed by atoms with E-state index in [1.165, 1.54) is 44.3 Å². The highest BCUT2D eigenvalue weighted by Crippen LogP contribution is 2.28. The Balaban J connectivity index is 2.38. The fourth-order valence-electron chi connectivity index (χ4n) is 3.02.